The maximum atomic E-state index is 13.0. The number of para-hydroxylation sites is 2. The highest BCUT2D eigenvalue weighted by Gasteiger charge is 2.12. The molecular formula is C28H23N3O2S. The number of aromatic amines is 1. The third-order valence-corrected chi connectivity index (χ3v) is 6.57. The molecule has 0 unspecified atom stereocenters. The van der Waals surface area contributed by atoms with Crippen LogP contribution in [0.1, 0.15) is 15.9 Å². The third kappa shape index (κ3) is 4.82. The van der Waals surface area contributed by atoms with Gasteiger partial charge in [0.1, 0.15) is 11.6 Å². The van der Waals surface area contributed by atoms with Gasteiger partial charge in [-0.3, -0.25) is 4.79 Å². The Labute approximate surface area is 202 Å². The average Bonchev–Trinajstić information content (AvgIpc) is 3.33. The largest absolute Gasteiger partial charge is 0.496 e. The van der Waals surface area contributed by atoms with E-state index in [9.17, 15) is 4.79 Å². The highest BCUT2D eigenvalue weighted by Crippen LogP contribution is 2.33. The minimum atomic E-state index is -0.195. The molecule has 1 aromatic heterocycles. The fourth-order valence-corrected chi connectivity index (χ4v) is 4.66. The van der Waals surface area contributed by atoms with Crippen LogP contribution in [0, 0.1) is 0 Å². The minimum Gasteiger partial charge on any atom is -0.496 e. The monoisotopic (exact) mass is 465 g/mol. The number of benzene rings is 4. The number of carbonyl (C=O) groups excluding carboxylic acids is 1. The Kier molecular flexibility index (Phi) is 6.31. The number of nitrogens with zero attached hydrogens (tertiary/aromatic N) is 1. The van der Waals surface area contributed by atoms with E-state index in [1.165, 1.54) is 5.56 Å². The second kappa shape index (κ2) is 9.85. The molecular weight excluding hydrogens is 442 g/mol. The summed E-state index contributed by atoms with van der Waals surface area (Å²) in [5, 5.41) is 2.99. The quantitative estimate of drug-likeness (QED) is 0.260. The maximum absolute atomic E-state index is 13.0. The lowest BCUT2D eigenvalue weighted by molar-refractivity contribution is 0.102. The van der Waals surface area contributed by atoms with E-state index in [1.54, 1.807) is 24.9 Å². The number of ether oxygens (including phenoxy) is 1. The summed E-state index contributed by atoms with van der Waals surface area (Å²) in [6.45, 7) is 0. The van der Waals surface area contributed by atoms with E-state index in [1.807, 2.05) is 78.9 Å². The number of thioether (sulfide) groups is 1. The molecule has 0 spiro atoms. The molecule has 0 bridgehead atoms. The van der Waals surface area contributed by atoms with E-state index in [2.05, 4.69) is 27.4 Å². The predicted octanol–water partition coefficient (Wildman–Crippen LogP) is 6.78. The van der Waals surface area contributed by atoms with Crippen molar-refractivity contribution in [1.29, 1.82) is 0 Å². The topological polar surface area (TPSA) is 67.0 Å². The van der Waals surface area contributed by atoms with Crippen molar-refractivity contribution in [2.24, 2.45) is 0 Å². The van der Waals surface area contributed by atoms with Gasteiger partial charge in [0.2, 0.25) is 0 Å². The standard InChI is InChI=1S/C28H23N3O2S/c1-33-25-17-21(14-15-26(25)34-18-19-8-3-2-4-9-19)28(32)29-22-11-7-10-20(16-22)27-30-23-12-5-6-13-24(23)31-27/h2-17H,18H2,1H3,(H,29,32)(H,30,31). The van der Waals surface area contributed by atoms with E-state index >= 15 is 0 Å². The summed E-state index contributed by atoms with van der Waals surface area (Å²) in [4.78, 5) is 21.9. The summed E-state index contributed by atoms with van der Waals surface area (Å²) in [6.07, 6.45) is 0. The van der Waals surface area contributed by atoms with Gasteiger partial charge in [0, 0.05) is 27.5 Å². The highest BCUT2D eigenvalue weighted by molar-refractivity contribution is 7.98. The average molecular weight is 466 g/mol. The number of methoxy groups -OCH3 is 1. The number of H-pyrrole nitrogens is 1. The molecule has 0 aliphatic heterocycles. The molecule has 0 fully saturated rings. The molecule has 34 heavy (non-hydrogen) atoms. The van der Waals surface area contributed by atoms with Crippen LogP contribution < -0.4 is 10.1 Å². The number of nitrogens with one attached hydrogen (secondary N) is 2. The first-order valence-electron chi connectivity index (χ1n) is 10.9. The van der Waals surface area contributed by atoms with Crippen molar-refractivity contribution >= 4 is 34.4 Å². The number of anilines is 1. The van der Waals surface area contributed by atoms with E-state index in [0.29, 0.717) is 17.0 Å². The van der Waals surface area contributed by atoms with Crippen LogP contribution in [0.5, 0.6) is 5.75 Å². The SMILES string of the molecule is COc1cc(C(=O)Nc2cccc(-c3nc4ccccc4[nH]3)c2)ccc1SCc1ccccc1. The number of aromatic nitrogens is 2. The van der Waals surface area contributed by atoms with Crippen molar-refractivity contribution in [2.75, 3.05) is 12.4 Å². The van der Waals surface area contributed by atoms with Crippen molar-refractivity contribution in [3.63, 3.8) is 0 Å². The molecule has 0 aliphatic carbocycles. The van der Waals surface area contributed by atoms with Crippen molar-refractivity contribution in [3.8, 4) is 17.1 Å². The van der Waals surface area contributed by atoms with Crippen molar-refractivity contribution in [1.82, 2.24) is 9.97 Å². The molecule has 168 valence electrons. The Morgan fingerprint density at radius 3 is 2.59 bits per heavy atom. The first-order valence-corrected chi connectivity index (χ1v) is 11.9. The molecule has 1 amide bonds. The maximum Gasteiger partial charge on any atom is 0.255 e. The van der Waals surface area contributed by atoms with Gasteiger partial charge in [-0.05, 0) is 48.0 Å². The van der Waals surface area contributed by atoms with Crippen molar-refractivity contribution < 1.29 is 9.53 Å². The van der Waals surface area contributed by atoms with Gasteiger partial charge < -0.3 is 15.0 Å². The van der Waals surface area contributed by atoms with Gasteiger partial charge in [-0.1, -0.05) is 54.6 Å². The molecule has 0 saturated carbocycles. The van der Waals surface area contributed by atoms with Gasteiger partial charge in [0.05, 0.1) is 18.1 Å². The summed E-state index contributed by atoms with van der Waals surface area (Å²) in [5.74, 6) is 2.08. The third-order valence-electron chi connectivity index (χ3n) is 5.45. The molecule has 5 rings (SSSR count). The van der Waals surface area contributed by atoms with Crippen molar-refractivity contribution in [3.05, 3.63) is 108 Å². The number of carbonyl (C=O) groups is 1. The smallest absolute Gasteiger partial charge is 0.255 e. The molecule has 4 aromatic carbocycles. The van der Waals surface area contributed by atoms with Crippen LogP contribution in [-0.2, 0) is 5.75 Å². The summed E-state index contributed by atoms with van der Waals surface area (Å²) in [6, 6.07) is 31.4. The van der Waals surface area contributed by atoms with Crippen LogP contribution in [-0.4, -0.2) is 23.0 Å². The van der Waals surface area contributed by atoms with E-state index in [0.717, 1.165) is 33.1 Å². The van der Waals surface area contributed by atoms with Gasteiger partial charge in [0.25, 0.3) is 5.91 Å². The summed E-state index contributed by atoms with van der Waals surface area (Å²) in [5.41, 5.74) is 5.26. The zero-order chi connectivity index (χ0) is 23.3. The zero-order valence-electron chi connectivity index (χ0n) is 18.6. The van der Waals surface area contributed by atoms with Gasteiger partial charge >= 0.3 is 0 Å². The Bertz CT molecular complexity index is 1410. The highest BCUT2D eigenvalue weighted by atomic mass is 32.2. The Hall–Kier alpha value is -4.03. The van der Waals surface area contributed by atoms with Crippen LogP contribution >= 0.6 is 11.8 Å². The number of hydrogen-bond acceptors (Lipinski definition) is 4. The molecule has 5 nitrogen and oxygen atoms in total. The van der Waals surface area contributed by atoms with Crippen molar-refractivity contribution in [2.45, 2.75) is 10.6 Å². The lowest BCUT2D eigenvalue weighted by Crippen LogP contribution is -2.12. The number of imidazole rings is 1. The first kappa shape index (κ1) is 21.8. The minimum absolute atomic E-state index is 0.195. The lowest BCUT2D eigenvalue weighted by atomic mass is 10.1. The number of rotatable bonds is 7. The van der Waals surface area contributed by atoms with Gasteiger partial charge in [0.15, 0.2) is 0 Å². The molecule has 0 atom stereocenters. The number of amides is 1. The van der Waals surface area contributed by atoms with Gasteiger partial charge in [-0.2, -0.15) is 0 Å². The van der Waals surface area contributed by atoms with E-state index in [-0.39, 0.29) is 5.91 Å². The predicted molar refractivity (Wildman–Crippen MR) is 138 cm³/mol. The fourth-order valence-electron chi connectivity index (χ4n) is 3.70. The van der Waals surface area contributed by atoms with Gasteiger partial charge in [-0.25, -0.2) is 4.98 Å². The molecule has 0 radical (unpaired) electrons. The molecule has 2 N–H and O–H groups in total. The molecule has 6 heteroatoms. The summed E-state index contributed by atoms with van der Waals surface area (Å²) in [7, 11) is 1.63. The fraction of sp³-hybridized carbons (Fsp3) is 0.0714. The Morgan fingerprint density at radius 2 is 1.76 bits per heavy atom. The summed E-state index contributed by atoms with van der Waals surface area (Å²) < 4.78 is 5.57. The van der Waals surface area contributed by atoms with Crippen LogP contribution in [0.25, 0.3) is 22.4 Å². The van der Waals surface area contributed by atoms with Crippen LogP contribution in [0.4, 0.5) is 5.69 Å². The van der Waals surface area contributed by atoms with E-state index in [4.69, 9.17) is 4.74 Å². The Balaban J connectivity index is 1.31. The lowest BCUT2D eigenvalue weighted by Gasteiger charge is -2.11. The second-order valence-electron chi connectivity index (χ2n) is 7.78. The second-order valence-corrected chi connectivity index (χ2v) is 8.79. The van der Waals surface area contributed by atoms with E-state index < -0.39 is 0 Å². The summed E-state index contributed by atoms with van der Waals surface area (Å²) >= 11 is 1.68. The normalized spacial score (nSPS) is 10.9. The Morgan fingerprint density at radius 1 is 0.941 bits per heavy atom. The first-order chi connectivity index (χ1) is 16.7. The van der Waals surface area contributed by atoms with Gasteiger partial charge in [-0.15, -0.1) is 11.8 Å². The number of fused-ring (bicyclic) bond motifs is 1. The molecule has 5 aromatic rings. The van der Waals surface area contributed by atoms with Crippen LogP contribution in [0.3, 0.4) is 0 Å². The zero-order valence-corrected chi connectivity index (χ0v) is 19.4. The molecule has 0 saturated heterocycles. The van der Waals surface area contributed by atoms with Crippen LogP contribution in [0.2, 0.25) is 0 Å². The molecule has 0 aliphatic rings. The van der Waals surface area contributed by atoms with Crippen LogP contribution in [0.15, 0.2) is 102 Å². The number of hydrogen-bond donors (Lipinski definition) is 2. The molecule has 1 heterocycles.